The van der Waals surface area contributed by atoms with Gasteiger partial charge in [-0.3, -0.25) is 4.90 Å². The molecule has 1 aliphatic rings. The first-order chi connectivity index (χ1) is 11.0. The van der Waals surface area contributed by atoms with Crippen molar-refractivity contribution in [3.8, 4) is 5.75 Å². The maximum atomic E-state index is 11.5. The number of sulfone groups is 1. The summed E-state index contributed by atoms with van der Waals surface area (Å²) in [5.41, 5.74) is 0. The van der Waals surface area contributed by atoms with Crippen molar-refractivity contribution in [1.82, 2.24) is 4.90 Å². The second kappa shape index (κ2) is 6.76. The van der Waals surface area contributed by atoms with E-state index in [1.54, 1.807) is 30.5 Å². The average Bonchev–Trinajstić information content (AvgIpc) is 3.18. The van der Waals surface area contributed by atoms with Crippen LogP contribution in [0.2, 0.25) is 0 Å². The Morgan fingerprint density at radius 3 is 2.91 bits per heavy atom. The molecule has 1 aliphatic heterocycles. The molecule has 1 fully saturated rings. The molecule has 0 bridgehead atoms. The van der Waals surface area contributed by atoms with Gasteiger partial charge in [0, 0.05) is 25.3 Å². The lowest BCUT2D eigenvalue weighted by atomic mass is 10.1. The molecule has 1 atom stereocenters. The van der Waals surface area contributed by atoms with Gasteiger partial charge in [0.2, 0.25) is 0 Å². The molecule has 5 nitrogen and oxygen atoms in total. The third-order valence-corrected chi connectivity index (χ3v) is 5.24. The number of furan rings is 1. The van der Waals surface area contributed by atoms with Crippen molar-refractivity contribution in [2.75, 3.05) is 32.5 Å². The third-order valence-electron chi connectivity index (χ3n) is 4.13. The summed E-state index contributed by atoms with van der Waals surface area (Å²) in [4.78, 5) is 2.63. The first-order valence-corrected chi connectivity index (χ1v) is 9.60. The van der Waals surface area contributed by atoms with Gasteiger partial charge in [0.05, 0.1) is 11.2 Å². The molecule has 1 saturated heterocycles. The minimum Gasteiger partial charge on any atom is -0.492 e. The second-order valence-electron chi connectivity index (χ2n) is 5.90. The predicted molar refractivity (Wildman–Crippen MR) is 87.6 cm³/mol. The molecule has 0 spiro atoms. The minimum absolute atomic E-state index is 0.286. The van der Waals surface area contributed by atoms with Crippen molar-refractivity contribution < 1.29 is 17.6 Å². The Morgan fingerprint density at radius 2 is 2.17 bits per heavy atom. The van der Waals surface area contributed by atoms with Crippen molar-refractivity contribution >= 4 is 9.84 Å². The summed E-state index contributed by atoms with van der Waals surface area (Å²) in [5.74, 6) is 2.10. The normalized spacial score (nSPS) is 19.1. The number of nitrogens with zero attached hydrogens (tertiary/aromatic N) is 1. The molecule has 1 aromatic heterocycles. The van der Waals surface area contributed by atoms with Gasteiger partial charge in [0.1, 0.15) is 18.1 Å². The van der Waals surface area contributed by atoms with Crippen LogP contribution in [0.5, 0.6) is 5.75 Å². The van der Waals surface area contributed by atoms with E-state index in [1.165, 1.54) is 6.26 Å². The molecule has 23 heavy (non-hydrogen) atoms. The molecule has 0 N–H and O–H groups in total. The Bertz CT molecular complexity index is 740. The molecule has 0 amide bonds. The van der Waals surface area contributed by atoms with Crippen LogP contribution >= 0.6 is 0 Å². The largest absolute Gasteiger partial charge is 0.492 e. The van der Waals surface area contributed by atoms with Crippen LogP contribution in [0.4, 0.5) is 0 Å². The monoisotopic (exact) mass is 335 g/mol. The van der Waals surface area contributed by atoms with E-state index in [0.29, 0.717) is 18.3 Å². The number of benzene rings is 1. The summed E-state index contributed by atoms with van der Waals surface area (Å²) in [7, 11) is -3.20. The standard InChI is InChI=1S/C17H21NO4S/c1-23(19,20)16-5-2-4-15(12-16)21-11-9-18-8-7-14(13-18)17-6-3-10-22-17/h2-6,10,12,14H,7-9,11,13H2,1H3/t14-/m1/s1. The summed E-state index contributed by atoms with van der Waals surface area (Å²) < 4.78 is 34.3. The van der Waals surface area contributed by atoms with Crippen LogP contribution in [0.1, 0.15) is 18.1 Å². The first kappa shape index (κ1) is 16.1. The van der Waals surface area contributed by atoms with Crippen molar-refractivity contribution in [1.29, 1.82) is 0 Å². The molecule has 0 radical (unpaired) electrons. The van der Waals surface area contributed by atoms with Gasteiger partial charge < -0.3 is 9.15 Å². The van der Waals surface area contributed by atoms with Crippen LogP contribution in [0, 0.1) is 0 Å². The molecule has 6 heteroatoms. The SMILES string of the molecule is CS(=O)(=O)c1cccc(OCCN2CC[C@@H](c3ccco3)C2)c1. The van der Waals surface area contributed by atoms with Crippen LogP contribution in [0.15, 0.2) is 52.0 Å². The van der Waals surface area contributed by atoms with Crippen LogP contribution in [0.3, 0.4) is 0 Å². The molecule has 0 aliphatic carbocycles. The second-order valence-corrected chi connectivity index (χ2v) is 7.91. The number of hydrogen-bond donors (Lipinski definition) is 0. The van der Waals surface area contributed by atoms with Gasteiger partial charge in [-0.25, -0.2) is 8.42 Å². The molecular weight excluding hydrogens is 314 g/mol. The summed E-state index contributed by atoms with van der Waals surface area (Å²) in [6, 6.07) is 10.6. The molecule has 1 aromatic carbocycles. The molecular formula is C17H21NO4S. The summed E-state index contributed by atoms with van der Waals surface area (Å²) in [6.07, 6.45) is 4.01. The fourth-order valence-corrected chi connectivity index (χ4v) is 3.53. The number of likely N-dealkylation sites (tertiary alicyclic amines) is 1. The van der Waals surface area contributed by atoms with E-state index >= 15 is 0 Å². The topological polar surface area (TPSA) is 59.8 Å². The van der Waals surface area contributed by atoms with Crippen molar-refractivity contribution in [3.63, 3.8) is 0 Å². The molecule has 124 valence electrons. The van der Waals surface area contributed by atoms with E-state index in [0.717, 1.165) is 31.8 Å². The van der Waals surface area contributed by atoms with Crippen LogP contribution in [-0.2, 0) is 9.84 Å². The van der Waals surface area contributed by atoms with Gasteiger partial charge in [-0.2, -0.15) is 0 Å². The predicted octanol–water partition coefficient (Wildman–Crippen LogP) is 2.55. The Kier molecular flexibility index (Phi) is 4.73. The Balaban J connectivity index is 1.49. The first-order valence-electron chi connectivity index (χ1n) is 7.71. The maximum absolute atomic E-state index is 11.5. The molecule has 3 rings (SSSR count). The van der Waals surface area contributed by atoms with E-state index in [4.69, 9.17) is 9.15 Å². The zero-order valence-corrected chi connectivity index (χ0v) is 14.0. The lowest BCUT2D eigenvalue weighted by Gasteiger charge is -2.16. The molecule has 2 heterocycles. The Labute approximate surface area is 136 Å². The van der Waals surface area contributed by atoms with Crippen LogP contribution < -0.4 is 4.74 Å². The zero-order valence-electron chi connectivity index (χ0n) is 13.1. The lowest BCUT2D eigenvalue weighted by Crippen LogP contribution is -2.26. The molecule has 0 saturated carbocycles. The highest BCUT2D eigenvalue weighted by Crippen LogP contribution is 2.27. The highest BCUT2D eigenvalue weighted by molar-refractivity contribution is 7.90. The fourth-order valence-electron chi connectivity index (χ4n) is 2.88. The van der Waals surface area contributed by atoms with Crippen molar-refractivity contribution in [2.45, 2.75) is 17.2 Å². The van der Waals surface area contributed by atoms with E-state index < -0.39 is 9.84 Å². The van der Waals surface area contributed by atoms with Gasteiger partial charge in [0.25, 0.3) is 0 Å². The maximum Gasteiger partial charge on any atom is 0.175 e. The minimum atomic E-state index is -3.20. The van der Waals surface area contributed by atoms with Crippen molar-refractivity contribution in [2.24, 2.45) is 0 Å². The zero-order chi connectivity index (χ0) is 16.3. The van der Waals surface area contributed by atoms with Crippen molar-refractivity contribution in [3.05, 3.63) is 48.4 Å². The summed E-state index contributed by atoms with van der Waals surface area (Å²) in [5, 5.41) is 0. The molecule has 2 aromatic rings. The van der Waals surface area contributed by atoms with E-state index in [9.17, 15) is 8.42 Å². The number of rotatable bonds is 6. The highest BCUT2D eigenvalue weighted by atomic mass is 32.2. The van der Waals surface area contributed by atoms with Gasteiger partial charge in [-0.15, -0.1) is 0 Å². The molecule has 0 unspecified atom stereocenters. The van der Waals surface area contributed by atoms with Crippen LogP contribution in [0.25, 0.3) is 0 Å². The average molecular weight is 335 g/mol. The van der Waals surface area contributed by atoms with Gasteiger partial charge in [0.15, 0.2) is 9.84 Å². The quantitative estimate of drug-likeness (QED) is 0.812. The third kappa shape index (κ3) is 4.14. The van der Waals surface area contributed by atoms with Gasteiger partial charge in [-0.05, 0) is 43.3 Å². The highest BCUT2D eigenvalue weighted by Gasteiger charge is 2.25. The number of ether oxygens (including phenoxy) is 1. The van der Waals surface area contributed by atoms with Gasteiger partial charge in [-0.1, -0.05) is 6.07 Å². The summed E-state index contributed by atoms with van der Waals surface area (Å²) >= 11 is 0. The number of hydrogen-bond acceptors (Lipinski definition) is 5. The van der Waals surface area contributed by atoms with E-state index in [2.05, 4.69) is 4.90 Å². The summed E-state index contributed by atoms with van der Waals surface area (Å²) in [6.45, 7) is 3.36. The fraction of sp³-hybridized carbons (Fsp3) is 0.412. The Hall–Kier alpha value is -1.79. The van der Waals surface area contributed by atoms with Gasteiger partial charge >= 0.3 is 0 Å². The van der Waals surface area contributed by atoms with E-state index in [1.807, 2.05) is 12.1 Å². The Morgan fingerprint density at radius 1 is 1.30 bits per heavy atom. The smallest absolute Gasteiger partial charge is 0.175 e. The van der Waals surface area contributed by atoms with E-state index in [-0.39, 0.29) is 4.90 Å². The van der Waals surface area contributed by atoms with Crippen LogP contribution in [-0.4, -0.2) is 45.8 Å². The lowest BCUT2D eigenvalue weighted by molar-refractivity contribution is 0.234.